The van der Waals surface area contributed by atoms with Crippen LogP contribution in [-0.4, -0.2) is 25.0 Å². The van der Waals surface area contributed by atoms with E-state index in [4.69, 9.17) is 0 Å². The number of hydrogen-bond donors (Lipinski definition) is 1. The van der Waals surface area contributed by atoms with E-state index in [1.807, 2.05) is 27.7 Å². The first-order valence-electron chi connectivity index (χ1n) is 6.13. The largest absolute Gasteiger partial charge is 0.279 e. The van der Waals surface area contributed by atoms with Crippen molar-refractivity contribution in [2.24, 2.45) is 0 Å². The Bertz CT molecular complexity index is 565. The zero-order valence-corrected chi connectivity index (χ0v) is 11.4. The highest BCUT2D eigenvalue weighted by atomic mass is 19.3. The number of aryl methyl sites for hydroxylation is 1. The van der Waals surface area contributed by atoms with Crippen molar-refractivity contribution in [3.63, 3.8) is 0 Å². The summed E-state index contributed by atoms with van der Waals surface area (Å²) in [6.07, 6.45) is -1.89. The molecule has 0 aliphatic carbocycles. The summed E-state index contributed by atoms with van der Waals surface area (Å²) >= 11 is 0. The molecular weight excluding hydrogens is 252 g/mol. The molecule has 0 amide bonds. The first-order valence-corrected chi connectivity index (χ1v) is 6.13. The van der Waals surface area contributed by atoms with Gasteiger partial charge in [0.15, 0.2) is 11.6 Å². The Morgan fingerprint density at radius 2 is 2.05 bits per heavy atom. The SMILES string of the molecule is CCc1nc(-c2cc(C(F)F)[nH]n2)n(C(C)(C)C)n1. The van der Waals surface area contributed by atoms with Gasteiger partial charge in [0, 0.05) is 6.42 Å². The van der Waals surface area contributed by atoms with Crippen LogP contribution in [0.5, 0.6) is 0 Å². The molecule has 0 saturated carbocycles. The summed E-state index contributed by atoms with van der Waals surface area (Å²) in [5.41, 5.74) is -0.117. The third-order valence-corrected chi connectivity index (χ3v) is 2.66. The lowest BCUT2D eigenvalue weighted by atomic mass is 10.1. The fourth-order valence-electron chi connectivity index (χ4n) is 1.70. The molecule has 2 heterocycles. The minimum absolute atomic E-state index is 0.212. The molecule has 2 aromatic rings. The van der Waals surface area contributed by atoms with E-state index in [0.29, 0.717) is 23.8 Å². The zero-order valence-electron chi connectivity index (χ0n) is 11.4. The van der Waals surface area contributed by atoms with Crippen LogP contribution in [0.1, 0.15) is 45.6 Å². The van der Waals surface area contributed by atoms with Crippen molar-refractivity contribution in [2.75, 3.05) is 0 Å². The van der Waals surface area contributed by atoms with Crippen LogP contribution in [0.25, 0.3) is 11.5 Å². The average molecular weight is 269 g/mol. The first-order chi connectivity index (χ1) is 8.82. The maximum atomic E-state index is 12.6. The predicted octanol–water partition coefficient (Wildman–Crippen LogP) is 2.92. The molecule has 7 heteroatoms. The molecule has 2 rings (SSSR count). The summed E-state index contributed by atoms with van der Waals surface area (Å²) in [6, 6.07) is 1.32. The number of aromatic nitrogens is 5. The van der Waals surface area contributed by atoms with Gasteiger partial charge in [-0.25, -0.2) is 18.4 Å². The molecule has 0 saturated heterocycles. The summed E-state index contributed by atoms with van der Waals surface area (Å²) in [7, 11) is 0. The lowest BCUT2D eigenvalue weighted by Gasteiger charge is -2.20. The maximum absolute atomic E-state index is 12.6. The van der Waals surface area contributed by atoms with E-state index >= 15 is 0 Å². The van der Waals surface area contributed by atoms with Crippen molar-refractivity contribution in [1.82, 2.24) is 25.0 Å². The third-order valence-electron chi connectivity index (χ3n) is 2.66. The fraction of sp³-hybridized carbons (Fsp3) is 0.583. The summed E-state index contributed by atoms with van der Waals surface area (Å²) in [5, 5.41) is 10.6. The van der Waals surface area contributed by atoms with Crippen molar-refractivity contribution in [3.05, 3.63) is 17.6 Å². The highest BCUT2D eigenvalue weighted by Gasteiger charge is 2.24. The minimum atomic E-state index is -2.57. The molecule has 104 valence electrons. The number of nitrogens with zero attached hydrogens (tertiary/aromatic N) is 4. The van der Waals surface area contributed by atoms with Gasteiger partial charge in [-0.2, -0.15) is 10.2 Å². The van der Waals surface area contributed by atoms with Crippen LogP contribution in [0.2, 0.25) is 0 Å². The second kappa shape index (κ2) is 4.71. The van der Waals surface area contributed by atoms with E-state index in [1.165, 1.54) is 6.07 Å². The Morgan fingerprint density at radius 1 is 1.37 bits per heavy atom. The van der Waals surface area contributed by atoms with Crippen LogP contribution in [-0.2, 0) is 12.0 Å². The molecule has 0 unspecified atom stereocenters. The van der Waals surface area contributed by atoms with Gasteiger partial charge in [-0.05, 0) is 26.8 Å². The van der Waals surface area contributed by atoms with Crippen molar-refractivity contribution in [3.8, 4) is 11.5 Å². The van der Waals surface area contributed by atoms with E-state index in [9.17, 15) is 8.78 Å². The highest BCUT2D eigenvalue weighted by molar-refractivity contribution is 5.50. The van der Waals surface area contributed by atoms with Crippen molar-refractivity contribution in [1.29, 1.82) is 0 Å². The van der Waals surface area contributed by atoms with E-state index < -0.39 is 6.43 Å². The fourth-order valence-corrected chi connectivity index (χ4v) is 1.70. The number of alkyl halides is 2. The van der Waals surface area contributed by atoms with Crippen molar-refractivity contribution < 1.29 is 8.78 Å². The van der Waals surface area contributed by atoms with E-state index in [2.05, 4.69) is 20.3 Å². The molecule has 0 radical (unpaired) electrons. The van der Waals surface area contributed by atoms with Gasteiger partial charge in [-0.1, -0.05) is 6.92 Å². The summed E-state index contributed by atoms with van der Waals surface area (Å²) in [4.78, 5) is 4.36. The lowest BCUT2D eigenvalue weighted by molar-refractivity contribution is 0.146. The van der Waals surface area contributed by atoms with Gasteiger partial charge in [0.1, 0.15) is 11.4 Å². The van der Waals surface area contributed by atoms with Gasteiger partial charge in [0.25, 0.3) is 6.43 Å². The average Bonchev–Trinajstić information content (AvgIpc) is 2.94. The standard InChI is InChI=1S/C12H17F2N5/c1-5-9-15-11(19(18-9)12(2,3)4)8-6-7(10(13)14)16-17-8/h6,10H,5H2,1-4H3,(H,16,17). The molecule has 2 aromatic heterocycles. The molecule has 0 aliphatic rings. The van der Waals surface area contributed by atoms with Crippen LogP contribution in [0.4, 0.5) is 8.78 Å². The minimum Gasteiger partial charge on any atom is -0.276 e. The van der Waals surface area contributed by atoms with E-state index in [-0.39, 0.29) is 11.2 Å². The number of hydrogen-bond acceptors (Lipinski definition) is 3. The number of nitrogens with one attached hydrogen (secondary N) is 1. The topological polar surface area (TPSA) is 59.4 Å². The maximum Gasteiger partial charge on any atom is 0.279 e. The number of H-pyrrole nitrogens is 1. The molecule has 0 atom stereocenters. The Hall–Kier alpha value is -1.79. The molecule has 0 aliphatic heterocycles. The Balaban J connectivity index is 2.50. The lowest BCUT2D eigenvalue weighted by Crippen LogP contribution is -2.24. The number of rotatable bonds is 3. The normalized spacial score (nSPS) is 12.4. The van der Waals surface area contributed by atoms with E-state index in [0.717, 1.165) is 0 Å². The summed E-state index contributed by atoms with van der Waals surface area (Å²) < 4.78 is 26.9. The van der Waals surface area contributed by atoms with Gasteiger partial charge >= 0.3 is 0 Å². The zero-order chi connectivity index (χ0) is 14.2. The van der Waals surface area contributed by atoms with Gasteiger partial charge in [-0.15, -0.1) is 0 Å². The van der Waals surface area contributed by atoms with Gasteiger partial charge in [0.05, 0.1) is 5.54 Å². The quantitative estimate of drug-likeness (QED) is 0.932. The van der Waals surface area contributed by atoms with Crippen LogP contribution < -0.4 is 0 Å². The van der Waals surface area contributed by atoms with Gasteiger partial charge < -0.3 is 0 Å². The molecule has 0 spiro atoms. The first kappa shape index (κ1) is 13.6. The van der Waals surface area contributed by atoms with Crippen LogP contribution in [0.3, 0.4) is 0 Å². The number of aromatic amines is 1. The van der Waals surface area contributed by atoms with Crippen LogP contribution >= 0.6 is 0 Å². The van der Waals surface area contributed by atoms with Gasteiger partial charge in [-0.3, -0.25) is 5.10 Å². The molecule has 0 bridgehead atoms. The molecule has 0 aromatic carbocycles. The Labute approximate surface area is 110 Å². The molecule has 19 heavy (non-hydrogen) atoms. The summed E-state index contributed by atoms with van der Waals surface area (Å²) in [5.74, 6) is 1.18. The second-order valence-corrected chi connectivity index (χ2v) is 5.30. The predicted molar refractivity (Wildman–Crippen MR) is 66.9 cm³/mol. The molecule has 0 fully saturated rings. The number of halogens is 2. The van der Waals surface area contributed by atoms with Gasteiger partial charge in [0.2, 0.25) is 0 Å². The molecular formula is C12H17F2N5. The Kier molecular flexibility index (Phi) is 3.38. The molecule has 5 nitrogen and oxygen atoms in total. The van der Waals surface area contributed by atoms with Crippen LogP contribution in [0.15, 0.2) is 6.07 Å². The van der Waals surface area contributed by atoms with Crippen LogP contribution in [0, 0.1) is 0 Å². The van der Waals surface area contributed by atoms with E-state index in [1.54, 1.807) is 4.68 Å². The van der Waals surface area contributed by atoms with Crippen molar-refractivity contribution in [2.45, 2.75) is 46.1 Å². The monoisotopic (exact) mass is 269 g/mol. The second-order valence-electron chi connectivity index (χ2n) is 5.30. The van der Waals surface area contributed by atoms with Crippen molar-refractivity contribution >= 4 is 0 Å². The molecule has 1 N–H and O–H groups in total. The third kappa shape index (κ3) is 2.64. The smallest absolute Gasteiger partial charge is 0.276 e. The Morgan fingerprint density at radius 3 is 2.53 bits per heavy atom. The highest BCUT2D eigenvalue weighted by Crippen LogP contribution is 2.25. The summed E-state index contributed by atoms with van der Waals surface area (Å²) in [6.45, 7) is 7.88.